The molecule has 0 bridgehead atoms. The van der Waals surface area contributed by atoms with Crippen molar-refractivity contribution >= 4 is 28.9 Å². The van der Waals surface area contributed by atoms with Gasteiger partial charge in [-0.05, 0) is 18.4 Å². The summed E-state index contributed by atoms with van der Waals surface area (Å²) in [6.07, 6.45) is 0. The Bertz CT molecular complexity index is 1040. The molecule has 3 aromatic heterocycles. The number of aromatic nitrogens is 3. The standard InChI is InChI=1S/C21H24N6O3S/c1-15-22-19(14-20(23-15)26-8-10-29-11-9-26)25-4-6-27(7-5-25)21(28)16-13-17(30-24-16)18-3-2-12-31-18/h2-3,12-14H,4-11H2,1H3. The van der Waals surface area contributed by atoms with E-state index in [0.717, 1.165) is 48.6 Å². The molecule has 0 atom stereocenters. The number of nitrogens with zero attached hydrogens (tertiary/aromatic N) is 6. The highest BCUT2D eigenvalue weighted by Gasteiger charge is 2.26. The fourth-order valence-electron chi connectivity index (χ4n) is 3.86. The van der Waals surface area contributed by atoms with Crippen LogP contribution in [0.1, 0.15) is 16.3 Å². The molecule has 31 heavy (non-hydrogen) atoms. The maximum atomic E-state index is 12.9. The van der Waals surface area contributed by atoms with Gasteiger partial charge in [0.2, 0.25) is 0 Å². The lowest BCUT2D eigenvalue weighted by Crippen LogP contribution is -2.49. The van der Waals surface area contributed by atoms with Gasteiger partial charge in [0.1, 0.15) is 17.5 Å². The maximum Gasteiger partial charge on any atom is 0.276 e. The Morgan fingerprint density at radius 2 is 1.71 bits per heavy atom. The lowest BCUT2D eigenvalue weighted by molar-refractivity contribution is 0.0736. The molecule has 2 aliphatic heterocycles. The van der Waals surface area contributed by atoms with Crippen LogP contribution in [0, 0.1) is 6.92 Å². The van der Waals surface area contributed by atoms with Crippen molar-refractivity contribution in [1.82, 2.24) is 20.0 Å². The van der Waals surface area contributed by atoms with E-state index in [-0.39, 0.29) is 5.91 Å². The minimum absolute atomic E-state index is 0.0981. The van der Waals surface area contributed by atoms with Gasteiger partial charge in [-0.3, -0.25) is 4.79 Å². The fourth-order valence-corrected chi connectivity index (χ4v) is 4.54. The Morgan fingerprint density at radius 3 is 2.39 bits per heavy atom. The first-order valence-electron chi connectivity index (χ1n) is 10.4. The number of thiophene rings is 1. The van der Waals surface area contributed by atoms with Gasteiger partial charge in [0, 0.05) is 51.4 Å². The van der Waals surface area contributed by atoms with Gasteiger partial charge in [-0.2, -0.15) is 0 Å². The van der Waals surface area contributed by atoms with E-state index in [4.69, 9.17) is 9.26 Å². The van der Waals surface area contributed by atoms with Crippen molar-refractivity contribution in [3.05, 3.63) is 41.2 Å². The highest BCUT2D eigenvalue weighted by atomic mass is 32.1. The van der Waals surface area contributed by atoms with Crippen LogP contribution >= 0.6 is 11.3 Å². The van der Waals surface area contributed by atoms with Gasteiger partial charge in [-0.25, -0.2) is 9.97 Å². The first kappa shape index (κ1) is 20.0. The summed E-state index contributed by atoms with van der Waals surface area (Å²) >= 11 is 1.56. The first-order chi connectivity index (χ1) is 15.2. The lowest BCUT2D eigenvalue weighted by Gasteiger charge is -2.35. The van der Waals surface area contributed by atoms with Crippen LogP contribution in [0.15, 0.2) is 34.2 Å². The largest absolute Gasteiger partial charge is 0.378 e. The van der Waals surface area contributed by atoms with Gasteiger partial charge in [-0.1, -0.05) is 11.2 Å². The molecule has 2 saturated heterocycles. The molecular formula is C21H24N6O3S. The van der Waals surface area contributed by atoms with E-state index in [0.29, 0.717) is 37.6 Å². The van der Waals surface area contributed by atoms with E-state index in [1.165, 1.54) is 0 Å². The van der Waals surface area contributed by atoms with Crippen LogP contribution in [0.5, 0.6) is 0 Å². The normalized spacial score (nSPS) is 17.3. The minimum atomic E-state index is -0.0981. The van der Waals surface area contributed by atoms with Crippen molar-refractivity contribution in [3.8, 4) is 10.6 Å². The predicted molar refractivity (Wildman–Crippen MR) is 118 cm³/mol. The number of morpholine rings is 1. The van der Waals surface area contributed by atoms with Gasteiger partial charge in [0.15, 0.2) is 11.5 Å². The monoisotopic (exact) mass is 440 g/mol. The summed E-state index contributed by atoms with van der Waals surface area (Å²) in [6, 6.07) is 7.67. The topological polar surface area (TPSA) is 87.8 Å². The van der Waals surface area contributed by atoms with Crippen molar-refractivity contribution < 1.29 is 14.1 Å². The van der Waals surface area contributed by atoms with E-state index in [9.17, 15) is 4.79 Å². The van der Waals surface area contributed by atoms with Crippen LogP contribution in [0.4, 0.5) is 11.6 Å². The zero-order chi connectivity index (χ0) is 21.2. The third-order valence-corrected chi connectivity index (χ3v) is 6.41. The van der Waals surface area contributed by atoms with Gasteiger partial charge in [-0.15, -0.1) is 11.3 Å². The Balaban J connectivity index is 1.24. The predicted octanol–water partition coefficient (Wildman–Crippen LogP) is 2.30. The Kier molecular flexibility index (Phi) is 5.56. The Labute approximate surface area is 184 Å². The minimum Gasteiger partial charge on any atom is -0.378 e. The summed E-state index contributed by atoms with van der Waals surface area (Å²) in [5, 5.41) is 5.96. The Morgan fingerprint density at radius 1 is 1.00 bits per heavy atom. The van der Waals surface area contributed by atoms with Gasteiger partial charge in [0.05, 0.1) is 18.1 Å². The van der Waals surface area contributed by atoms with E-state index in [1.807, 2.05) is 35.4 Å². The number of hydrogen-bond acceptors (Lipinski definition) is 9. The molecule has 0 unspecified atom stereocenters. The van der Waals surface area contributed by atoms with Crippen molar-refractivity contribution in [1.29, 1.82) is 0 Å². The summed E-state index contributed by atoms with van der Waals surface area (Å²) in [5.74, 6) is 3.12. The van der Waals surface area contributed by atoms with E-state index in [1.54, 1.807) is 17.4 Å². The number of carbonyl (C=O) groups is 1. The van der Waals surface area contributed by atoms with Crippen molar-refractivity contribution in [2.45, 2.75) is 6.92 Å². The molecule has 5 rings (SSSR count). The van der Waals surface area contributed by atoms with Crippen molar-refractivity contribution in [2.24, 2.45) is 0 Å². The van der Waals surface area contributed by atoms with Crippen LogP contribution < -0.4 is 9.80 Å². The van der Waals surface area contributed by atoms with Crippen molar-refractivity contribution in [2.75, 3.05) is 62.3 Å². The summed E-state index contributed by atoms with van der Waals surface area (Å²) in [6.45, 7) is 7.66. The van der Waals surface area contributed by atoms with Crippen LogP contribution in [-0.2, 0) is 4.74 Å². The molecule has 1 amide bonds. The molecule has 162 valence electrons. The molecule has 9 nitrogen and oxygen atoms in total. The molecular weight excluding hydrogens is 416 g/mol. The quantitative estimate of drug-likeness (QED) is 0.611. The number of aryl methyl sites for hydroxylation is 1. The zero-order valence-corrected chi connectivity index (χ0v) is 18.2. The van der Waals surface area contributed by atoms with Gasteiger partial charge in [0.25, 0.3) is 5.91 Å². The smallest absolute Gasteiger partial charge is 0.276 e. The zero-order valence-electron chi connectivity index (χ0n) is 17.4. The number of piperazine rings is 1. The molecule has 0 aliphatic carbocycles. The highest BCUT2D eigenvalue weighted by Crippen LogP contribution is 2.26. The van der Waals surface area contributed by atoms with E-state index < -0.39 is 0 Å². The molecule has 2 aliphatic rings. The fraction of sp³-hybridized carbons (Fsp3) is 0.429. The van der Waals surface area contributed by atoms with Gasteiger partial charge < -0.3 is 24.0 Å². The molecule has 0 radical (unpaired) electrons. The highest BCUT2D eigenvalue weighted by molar-refractivity contribution is 7.13. The molecule has 3 aromatic rings. The molecule has 0 spiro atoms. The second-order valence-electron chi connectivity index (χ2n) is 7.56. The molecule has 10 heteroatoms. The average Bonchev–Trinajstić information content (AvgIpc) is 3.51. The molecule has 0 saturated carbocycles. The van der Waals surface area contributed by atoms with E-state index in [2.05, 4.69) is 24.9 Å². The third-order valence-electron chi connectivity index (χ3n) is 5.53. The van der Waals surface area contributed by atoms with Crippen LogP contribution in [0.2, 0.25) is 0 Å². The molecule has 0 N–H and O–H groups in total. The van der Waals surface area contributed by atoms with Crippen LogP contribution in [-0.4, -0.2) is 78.4 Å². The average molecular weight is 441 g/mol. The lowest BCUT2D eigenvalue weighted by atomic mass is 10.2. The summed E-state index contributed by atoms with van der Waals surface area (Å²) in [4.78, 5) is 29.4. The molecule has 5 heterocycles. The summed E-state index contributed by atoms with van der Waals surface area (Å²) < 4.78 is 10.8. The van der Waals surface area contributed by atoms with Crippen LogP contribution in [0.3, 0.4) is 0 Å². The Hall–Kier alpha value is -2.98. The number of ether oxygens (including phenoxy) is 1. The summed E-state index contributed by atoms with van der Waals surface area (Å²) in [7, 11) is 0. The van der Waals surface area contributed by atoms with Gasteiger partial charge >= 0.3 is 0 Å². The molecule has 0 aromatic carbocycles. The third kappa shape index (κ3) is 4.26. The second kappa shape index (κ2) is 8.64. The number of rotatable bonds is 4. The maximum absolute atomic E-state index is 12.9. The summed E-state index contributed by atoms with van der Waals surface area (Å²) in [5.41, 5.74) is 0.351. The van der Waals surface area contributed by atoms with Crippen molar-refractivity contribution in [3.63, 3.8) is 0 Å². The number of hydrogen-bond donors (Lipinski definition) is 0. The number of anilines is 2. The SMILES string of the molecule is Cc1nc(N2CCOCC2)cc(N2CCN(C(=O)c3cc(-c4cccs4)on3)CC2)n1. The van der Waals surface area contributed by atoms with Crippen LogP contribution in [0.25, 0.3) is 10.6 Å². The molecule has 2 fully saturated rings. The number of carbonyl (C=O) groups excluding carboxylic acids is 1. The number of amides is 1. The first-order valence-corrected chi connectivity index (χ1v) is 11.3. The second-order valence-corrected chi connectivity index (χ2v) is 8.51. The van der Waals surface area contributed by atoms with E-state index >= 15 is 0 Å².